The second kappa shape index (κ2) is 8.35. The smallest absolute Gasteiger partial charge is 0.323 e. The molecule has 6 nitrogen and oxygen atoms in total. The van der Waals surface area contributed by atoms with E-state index in [1.165, 1.54) is 16.8 Å². The second-order valence-electron chi connectivity index (χ2n) is 6.47. The summed E-state index contributed by atoms with van der Waals surface area (Å²) in [5.41, 5.74) is 0.906. The van der Waals surface area contributed by atoms with Gasteiger partial charge in [0, 0.05) is 31.1 Å². The number of halogens is 1. The molecule has 1 saturated heterocycles. The van der Waals surface area contributed by atoms with E-state index in [0.29, 0.717) is 29.7 Å². The van der Waals surface area contributed by atoms with Crippen LogP contribution in [0.5, 0.6) is 0 Å². The average molecular weight is 376 g/mol. The predicted molar refractivity (Wildman–Crippen MR) is 99.9 cm³/mol. The van der Waals surface area contributed by atoms with E-state index in [2.05, 4.69) is 10.4 Å². The number of carbonyl (C=O) groups is 1. The summed E-state index contributed by atoms with van der Waals surface area (Å²) in [6.07, 6.45) is 2.70. The molecular formula is C18H21FN4O2S. The number of aryl methyl sites for hydroxylation is 1. The first kappa shape index (κ1) is 18.4. The summed E-state index contributed by atoms with van der Waals surface area (Å²) in [7, 11) is 1.54. The molecule has 0 bridgehead atoms. The SMILES string of the molecule is Cn1nc(NC(=O)N2CCC(Cc3cccc(SF)c3)CC2)ccc1=O. The number of carbonyl (C=O) groups excluding carboxylic acids is 1. The summed E-state index contributed by atoms with van der Waals surface area (Å²) in [4.78, 5) is 26.1. The van der Waals surface area contributed by atoms with Crippen molar-refractivity contribution in [2.45, 2.75) is 24.2 Å². The van der Waals surface area contributed by atoms with Crippen molar-refractivity contribution < 1.29 is 8.68 Å². The minimum Gasteiger partial charge on any atom is -0.324 e. The number of benzene rings is 1. The molecule has 0 saturated carbocycles. The Morgan fingerprint density at radius 3 is 2.77 bits per heavy atom. The normalized spacial score (nSPS) is 15.1. The van der Waals surface area contributed by atoms with Crippen LogP contribution in [0, 0.1) is 5.92 Å². The monoisotopic (exact) mass is 376 g/mol. The van der Waals surface area contributed by atoms with Gasteiger partial charge in [0.2, 0.25) is 0 Å². The van der Waals surface area contributed by atoms with Crippen LogP contribution in [0.25, 0.3) is 0 Å². The summed E-state index contributed by atoms with van der Waals surface area (Å²) >= 11 is 0.264. The maximum absolute atomic E-state index is 12.7. The molecule has 0 spiro atoms. The molecule has 0 aliphatic carbocycles. The van der Waals surface area contributed by atoms with Gasteiger partial charge in [-0.1, -0.05) is 12.1 Å². The zero-order chi connectivity index (χ0) is 18.5. The Bertz CT molecular complexity index is 834. The number of amides is 2. The topological polar surface area (TPSA) is 67.2 Å². The molecular weight excluding hydrogens is 355 g/mol. The lowest BCUT2D eigenvalue weighted by Crippen LogP contribution is -2.41. The number of nitrogens with one attached hydrogen (secondary N) is 1. The number of urea groups is 1. The van der Waals surface area contributed by atoms with Crippen molar-refractivity contribution in [1.29, 1.82) is 0 Å². The number of hydrogen-bond acceptors (Lipinski definition) is 4. The lowest BCUT2D eigenvalue weighted by Gasteiger charge is -2.32. The van der Waals surface area contributed by atoms with Gasteiger partial charge in [-0.3, -0.25) is 10.1 Å². The fourth-order valence-corrected chi connectivity index (χ4v) is 3.48. The molecule has 138 valence electrons. The molecule has 2 heterocycles. The molecule has 1 fully saturated rings. The van der Waals surface area contributed by atoms with Crippen LogP contribution in [0.2, 0.25) is 0 Å². The van der Waals surface area contributed by atoms with E-state index in [9.17, 15) is 13.5 Å². The Labute approximate surface area is 155 Å². The van der Waals surface area contributed by atoms with E-state index < -0.39 is 0 Å². The van der Waals surface area contributed by atoms with Gasteiger partial charge in [0.1, 0.15) is 0 Å². The highest BCUT2D eigenvalue weighted by atomic mass is 32.2. The number of hydrogen-bond donors (Lipinski definition) is 1. The van der Waals surface area contributed by atoms with Crippen molar-refractivity contribution in [1.82, 2.24) is 14.7 Å². The lowest BCUT2D eigenvalue weighted by molar-refractivity contribution is 0.182. The van der Waals surface area contributed by atoms with Gasteiger partial charge >= 0.3 is 6.03 Å². The van der Waals surface area contributed by atoms with Crippen LogP contribution < -0.4 is 10.9 Å². The van der Waals surface area contributed by atoms with Crippen molar-refractivity contribution in [2.24, 2.45) is 13.0 Å². The quantitative estimate of drug-likeness (QED) is 0.890. The van der Waals surface area contributed by atoms with Crippen LogP contribution in [0.15, 0.2) is 46.1 Å². The van der Waals surface area contributed by atoms with Crippen LogP contribution in [0.3, 0.4) is 0 Å². The Morgan fingerprint density at radius 1 is 1.31 bits per heavy atom. The van der Waals surface area contributed by atoms with Gasteiger partial charge < -0.3 is 4.90 Å². The summed E-state index contributed by atoms with van der Waals surface area (Å²) in [6.45, 7) is 1.33. The van der Waals surface area contributed by atoms with E-state index in [0.717, 1.165) is 24.8 Å². The highest BCUT2D eigenvalue weighted by Gasteiger charge is 2.23. The van der Waals surface area contributed by atoms with E-state index in [1.54, 1.807) is 18.0 Å². The summed E-state index contributed by atoms with van der Waals surface area (Å²) < 4.78 is 13.9. The molecule has 2 aromatic rings. The van der Waals surface area contributed by atoms with Crippen molar-refractivity contribution in [3.63, 3.8) is 0 Å². The van der Waals surface area contributed by atoms with E-state index in [1.807, 2.05) is 18.2 Å². The van der Waals surface area contributed by atoms with E-state index >= 15 is 0 Å². The third-order valence-corrected chi connectivity index (χ3v) is 5.04. The predicted octanol–water partition coefficient (Wildman–Crippen LogP) is 3.24. The molecule has 1 aromatic carbocycles. The molecule has 0 radical (unpaired) electrons. The van der Waals surface area contributed by atoms with Crippen LogP contribution in [0.1, 0.15) is 18.4 Å². The van der Waals surface area contributed by atoms with Gasteiger partial charge in [-0.2, -0.15) is 8.98 Å². The first-order valence-electron chi connectivity index (χ1n) is 8.53. The van der Waals surface area contributed by atoms with Gasteiger partial charge in [0.05, 0.1) is 12.1 Å². The summed E-state index contributed by atoms with van der Waals surface area (Å²) in [6, 6.07) is 10.2. The average Bonchev–Trinajstić information content (AvgIpc) is 2.65. The molecule has 0 unspecified atom stereocenters. The molecule has 1 N–H and O–H groups in total. The minimum atomic E-state index is -0.223. The van der Waals surface area contributed by atoms with E-state index in [-0.39, 0.29) is 23.7 Å². The number of rotatable bonds is 4. The fourth-order valence-electron chi connectivity index (χ4n) is 3.15. The minimum absolute atomic E-state index is 0.203. The first-order valence-corrected chi connectivity index (χ1v) is 9.24. The zero-order valence-corrected chi connectivity index (χ0v) is 15.3. The van der Waals surface area contributed by atoms with Gasteiger partial charge in [-0.25, -0.2) is 9.48 Å². The van der Waals surface area contributed by atoms with Crippen LogP contribution in [0.4, 0.5) is 14.5 Å². The fraction of sp³-hybridized carbons (Fsp3) is 0.389. The van der Waals surface area contributed by atoms with Gasteiger partial charge in [-0.15, -0.1) is 0 Å². The molecule has 3 rings (SSSR count). The Kier molecular flexibility index (Phi) is 5.92. The molecule has 1 aliphatic heterocycles. The summed E-state index contributed by atoms with van der Waals surface area (Å²) in [5, 5.41) is 6.74. The maximum atomic E-state index is 12.7. The first-order chi connectivity index (χ1) is 12.5. The molecule has 8 heteroatoms. The highest BCUT2D eigenvalue weighted by molar-refractivity contribution is 7.94. The lowest BCUT2D eigenvalue weighted by atomic mass is 9.90. The zero-order valence-electron chi connectivity index (χ0n) is 14.5. The molecule has 0 atom stereocenters. The van der Waals surface area contributed by atoms with Crippen molar-refractivity contribution in [3.05, 3.63) is 52.3 Å². The van der Waals surface area contributed by atoms with Crippen LogP contribution in [-0.4, -0.2) is 33.8 Å². The maximum Gasteiger partial charge on any atom is 0.323 e. The Balaban J connectivity index is 1.51. The number of piperidine rings is 1. The molecule has 26 heavy (non-hydrogen) atoms. The van der Waals surface area contributed by atoms with Gasteiger partial charge in [0.25, 0.3) is 5.56 Å². The van der Waals surface area contributed by atoms with Crippen molar-refractivity contribution >= 4 is 24.0 Å². The molecule has 1 aliphatic rings. The largest absolute Gasteiger partial charge is 0.324 e. The number of aromatic nitrogens is 2. The third kappa shape index (κ3) is 4.63. The number of anilines is 1. The van der Waals surface area contributed by atoms with Gasteiger partial charge in [0.15, 0.2) is 5.82 Å². The molecule has 2 amide bonds. The standard InChI is InChI=1S/C18H21FN4O2S/c1-22-17(24)6-5-16(21-22)20-18(25)23-9-7-13(8-10-23)11-14-3-2-4-15(12-14)26-19/h2-6,12-13H,7-11H2,1H3,(H,20,21,25). The number of likely N-dealkylation sites (tertiary alicyclic amines) is 1. The van der Waals surface area contributed by atoms with Crippen LogP contribution in [-0.2, 0) is 13.5 Å². The Hall–Kier alpha value is -2.35. The van der Waals surface area contributed by atoms with E-state index in [4.69, 9.17) is 0 Å². The third-order valence-electron chi connectivity index (χ3n) is 4.61. The second-order valence-corrected chi connectivity index (χ2v) is 7.10. The number of nitrogens with zero attached hydrogens (tertiary/aromatic N) is 3. The summed E-state index contributed by atoms with van der Waals surface area (Å²) in [5.74, 6) is 0.842. The van der Waals surface area contributed by atoms with Gasteiger partial charge in [-0.05, 0) is 48.9 Å². The Morgan fingerprint density at radius 2 is 2.08 bits per heavy atom. The van der Waals surface area contributed by atoms with Crippen molar-refractivity contribution in [2.75, 3.05) is 18.4 Å². The highest BCUT2D eigenvalue weighted by Crippen LogP contribution is 2.25. The molecule has 1 aromatic heterocycles. The van der Waals surface area contributed by atoms with Crippen molar-refractivity contribution in [3.8, 4) is 0 Å². The van der Waals surface area contributed by atoms with Crippen LogP contribution >= 0.6 is 12.1 Å².